The van der Waals surface area contributed by atoms with E-state index in [1.165, 1.54) is 10.9 Å². The Hall–Kier alpha value is -2.03. The number of alkyl halides is 2. The fourth-order valence-electron chi connectivity index (χ4n) is 1.80. The van der Waals surface area contributed by atoms with Gasteiger partial charge in [0.25, 0.3) is 5.91 Å². The third-order valence-corrected chi connectivity index (χ3v) is 3.30. The van der Waals surface area contributed by atoms with E-state index in [2.05, 4.69) is 31.1 Å². The van der Waals surface area contributed by atoms with E-state index < -0.39 is 24.1 Å². The van der Waals surface area contributed by atoms with Crippen LogP contribution in [0.4, 0.5) is 18.9 Å². The zero-order valence-electron chi connectivity index (χ0n) is 11.3. The van der Waals surface area contributed by atoms with Gasteiger partial charge in [-0.3, -0.25) is 9.48 Å². The molecule has 9 heteroatoms. The topological polar surface area (TPSA) is 56.2 Å². The zero-order chi connectivity index (χ0) is 16.3. The summed E-state index contributed by atoms with van der Waals surface area (Å²) >= 11 is 3.19. The Kier molecular flexibility index (Phi) is 5.07. The fourth-order valence-corrected chi connectivity index (χ4v) is 2.28. The number of nitrogens with one attached hydrogen (secondary N) is 1. The van der Waals surface area contributed by atoms with Crippen LogP contribution in [0.3, 0.4) is 0 Å². The van der Waals surface area contributed by atoms with Gasteiger partial charge >= 0.3 is 6.61 Å². The summed E-state index contributed by atoms with van der Waals surface area (Å²) in [6.45, 7) is -0.900. The SMILES string of the molecule is CCn1ncc(Br)c1C(=O)Nc1ccc(F)cc1OC(F)F. The standard InChI is InChI=1S/C13H11BrF3N3O2/c1-2-20-11(8(14)6-18-20)12(21)19-9-4-3-7(15)5-10(9)22-13(16)17/h3-6,13H,2H2,1H3,(H,19,21). The zero-order valence-corrected chi connectivity index (χ0v) is 12.9. The van der Waals surface area contributed by atoms with Crippen molar-refractivity contribution in [3.05, 3.63) is 40.4 Å². The molecule has 118 valence electrons. The lowest BCUT2D eigenvalue weighted by Gasteiger charge is -2.12. The van der Waals surface area contributed by atoms with Gasteiger partial charge in [-0.25, -0.2) is 4.39 Å². The molecule has 0 aliphatic carbocycles. The van der Waals surface area contributed by atoms with Crippen molar-refractivity contribution < 1.29 is 22.7 Å². The first-order valence-corrected chi connectivity index (χ1v) is 6.98. The number of hydrogen-bond donors (Lipinski definition) is 1. The minimum atomic E-state index is -3.13. The first-order chi connectivity index (χ1) is 10.4. The number of halogens is 4. The number of nitrogens with zero attached hydrogens (tertiary/aromatic N) is 2. The Labute approximate surface area is 132 Å². The predicted molar refractivity (Wildman–Crippen MR) is 76.6 cm³/mol. The van der Waals surface area contributed by atoms with E-state index in [1.807, 2.05) is 0 Å². The number of benzene rings is 1. The maximum Gasteiger partial charge on any atom is 0.387 e. The van der Waals surface area contributed by atoms with E-state index in [-0.39, 0.29) is 11.4 Å². The highest BCUT2D eigenvalue weighted by Crippen LogP contribution is 2.28. The molecule has 1 heterocycles. The van der Waals surface area contributed by atoms with Crippen molar-refractivity contribution in [3.63, 3.8) is 0 Å². The van der Waals surface area contributed by atoms with E-state index >= 15 is 0 Å². The van der Waals surface area contributed by atoms with Gasteiger partial charge in [-0.2, -0.15) is 13.9 Å². The molecule has 0 unspecified atom stereocenters. The summed E-state index contributed by atoms with van der Waals surface area (Å²) in [4.78, 5) is 12.3. The molecule has 2 rings (SSSR count). The lowest BCUT2D eigenvalue weighted by Crippen LogP contribution is -2.19. The van der Waals surface area contributed by atoms with Crippen molar-refractivity contribution in [2.24, 2.45) is 0 Å². The molecule has 5 nitrogen and oxygen atoms in total. The number of carbonyl (C=O) groups excluding carboxylic acids is 1. The van der Waals surface area contributed by atoms with Crippen molar-refractivity contribution in [3.8, 4) is 5.75 Å². The van der Waals surface area contributed by atoms with E-state index in [4.69, 9.17) is 0 Å². The quantitative estimate of drug-likeness (QED) is 0.864. The Morgan fingerprint density at radius 2 is 2.23 bits per heavy atom. The molecule has 0 saturated carbocycles. The molecule has 1 aromatic heterocycles. The van der Waals surface area contributed by atoms with Gasteiger partial charge in [0.15, 0.2) is 5.75 Å². The minimum absolute atomic E-state index is 0.0672. The molecular weight excluding hydrogens is 367 g/mol. The molecule has 0 aliphatic rings. The third kappa shape index (κ3) is 3.59. The average Bonchev–Trinajstić information content (AvgIpc) is 2.82. The van der Waals surface area contributed by atoms with Crippen LogP contribution >= 0.6 is 15.9 Å². The van der Waals surface area contributed by atoms with Crippen LogP contribution in [0, 0.1) is 5.82 Å². The molecule has 2 aromatic rings. The molecular formula is C13H11BrF3N3O2. The van der Waals surface area contributed by atoms with Crippen LogP contribution in [0.15, 0.2) is 28.9 Å². The number of anilines is 1. The van der Waals surface area contributed by atoms with Crippen molar-refractivity contribution in [2.75, 3.05) is 5.32 Å². The van der Waals surface area contributed by atoms with Crippen LogP contribution in [0.1, 0.15) is 17.4 Å². The normalized spacial score (nSPS) is 10.8. The van der Waals surface area contributed by atoms with Crippen LogP contribution in [0.25, 0.3) is 0 Å². The highest BCUT2D eigenvalue weighted by atomic mass is 79.9. The van der Waals surface area contributed by atoms with Gasteiger partial charge in [0.05, 0.1) is 16.4 Å². The second-order valence-corrected chi connectivity index (χ2v) is 4.98. The Morgan fingerprint density at radius 1 is 1.50 bits per heavy atom. The van der Waals surface area contributed by atoms with Gasteiger partial charge in [-0.1, -0.05) is 0 Å². The number of rotatable bonds is 5. The van der Waals surface area contributed by atoms with Crippen molar-refractivity contribution in [1.82, 2.24) is 9.78 Å². The summed E-state index contributed by atoms with van der Waals surface area (Å²) in [7, 11) is 0. The maximum absolute atomic E-state index is 13.1. The van der Waals surface area contributed by atoms with Gasteiger partial charge in [-0.05, 0) is 35.0 Å². The Balaban J connectivity index is 2.30. The molecule has 0 bridgehead atoms. The highest BCUT2D eigenvalue weighted by Gasteiger charge is 2.19. The maximum atomic E-state index is 13.1. The van der Waals surface area contributed by atoms with Gasteiger partial charge in [0, 0.05) is 12.6 Å². The van der Waals surface area contributed by atoms with Gasteiger partial charge < -0.3 is 10.1 Å². The highest BCUT2D eigenvalue weighted by molar-refractivity contribution is 9.10. The number of hydrogen-bond acceptors (Lipinski definition) is 3. The summed E-state index contributed by atoms with van der Waals surface area (Å²) in [6.07, 6.45) is 1.44. The average molecular weight is 378 g/mol. The van der Waals surface area contributed by atoms with Crippen LogP contribution in [0.5, 0.6) is 5.75 Å². The predicted octanol–water partition coefficient (Wildman–Crippen LogP) is 3.66. The molecule has 0 spiro atoms. The Bertz CT molecular complexity index is 691. The van der Waals surface area contributed by atoms with Gasteiger partial charge in [0.2, 0.25) is 0 Å². The van der Waals surface area contributed by atoms with Crippen LogP contribution in [-0.2, 0) is 6.54 Å². The summed E-state index contributed by atoms with van der Waals surface area (Å²) in [5.41, 5.74) is 0.150. The fraction of sp³-hybridized carbons (Fsp3) is 0.231. The number of aromatic nitrogens is 2. The second kappa shape index (κ2) is 6.82. The summed E-state index contributed by atoms with van der Waals surface area (Å²) in [5, 5.41) is 6.39. The first kappa shape index (κ1) is 16.3. The Morgan fingerprint density at radius 3 is 2.86 bits per heavy atom. The molecule has 0 saturated heterocycles. The molecule has 1 aromatic carbocycles. The lowest BCUT2D eigenvalue weighted by atomic mass is 10.2. The second-order valence-electron chi connectivity index (χ2n) is 4.13. The van der Waals surface area contributed by atoms with Crippen molar-refractivity contribution >= 4 is 27.5 Å². The van der Waals surface area contributed by atoms with E-state index in [0.717, 1.165) is 18.2 Å². The third-order valence-electron chi connectivity index (χ3n) is 2.72. The monoisotopic (exact) mass is 377 g/mol. The van der Waals surface area contributed by atoms with Crippen LogP contribution < -0.4 is 10.1 Å². The van der Waals surface area contributed by atoms with E-state index in [9.17, 15) is 18.0 Å². The number of aryl methyl sites for hydroxylation is 1. The number of amides is 1. The van der Waals surface area contributed by atoms with E-state index in [1.54, 1.807) is 6.92 Å². The molecule has 1 N–H and O–H groups in total. The smallest absolute Gasteiger partial charge is 0.387 e. The summed E-state index contributed by atoms with van der Waals surface area (Å²) in [5.74, 6) is -1.80. The minimum Gasteiger partial charge on any atom is -0.432 e. The van der Waals surface area contributed by atoms with Crippen molar-refractivity contribution in [2.45, 2.75) is 20.1 Å². The van der Waals surface area contributed by atoms with Gasteiger partial charge in [0.1, 0.15) is 11.5 Å². The summed E-state index contributed by atoms with van der Waals surface area (Å²) in [6, 6.07) is 2.94. The van der Waals surface area contributed by atoms with Crippen molar-refractivity contribution in [1.29, 1.82) is 0 Å². The molecule has 0 fully saturated rings. The lowest BCUT2D eigenvalue weighted by molar-refractivity contribution is -0.0495. The number of ether oxygens (including phenoxy) is 1. The van der Waals surface area contributed by atoms with Gasteiger partial charge in [-0.15, -0.1) is 0 Å². The molecule has 0 atom stereocenters. The van der Waals surface area contributed by atoms with E-state index in [0.29, 0.717) is 11.0 Å². The molecule has 0 aliphatic heterocycles. The molecule has 22 heavy (non-hydrogen) atoms. The largest absolute Gasteiger partial charge is 0.432 e. The summed E-state index contributed by atoms with van der Waals surface area (Å²) < 4.78 is 43.9. The molecule has 0 radical (unpaired) electrons. The van der Waals surface area contributed by atoms with Crippen LogP contribution in [0.2, 0.25) is 0 Å². The van der Waals surface area contributed by atoms with Crippen LogP contribution in [-0.4, -0.2) is 22.3 Å². The number of carbonyl (C=O) groups is 1. The first-order valence-electron chi connectivity index (χ1n) is 6.19. The molecule has 1 amide bonds.